The summed E-state index contributed by atoms with van der Waals surface area (Å²) in [7, 11) is 0. The first-order chi connectivity index (χ1) is 10.1. The van der Waals surface area contributed by atoms with E-state index < -0.39 is 5.60 Å². The van der Waals surface area contributed by atoms with Crippen LogP contribution in [0, 0.1) is 5.92 Å². The van der Waals surface area contributed by atoms with Gasteiger partial charge in [0.05, 0.1) is 5.60 Å². The second-order valence-electron chi connectivity index (χ2n) is 6.33. The van der Waals surface area contributed by atoms with Crippen molar-refractivity contribution in [2.45, 2.75) is 19.4 Å². The van der Waals surface area contributed by atoms with Crippen molar-refractivity contribution in [1.82, 2.24) is 4.90 Å². The fourth-order valence-electron chi connectivity index (χ4n) is 2.80. The lowest BCUT2D eigenvalue weighted by atomic mass is 9.83. The first-order valence-electron chi connectivity index (χ1n) is 7.63. The smallest absolute Gasteiger partial charge is 0.120 e. The van der Waals surface area contributed by atoms with Crippen LogP contribution < -0.4 is 4.74 Å². The molecule has 2 aromatic carbocycles. The van der Waals surface area contributed by atoms with E-state index in [1.54, 1.807) is 0 Å². The number of hydrogen-bond donors (Lipinski definition) is 1. The Bertz CT molecular complexity index is 617. The van der Waals surface area contributed by atoms with E-state index in [0.29, 0.717) is 12.5 Å². The number of hydrogen-bond acceptors (Lipinski definition) is 3. The number of β-amino-alcohol motifs (C(OH)–C–C–N with tert-alkyl or cyclic N) is 1. The molecule has 0 atom stereocenters. The van der Waals surface area contributed by atoms with E-state index in [0.717, 1.165) is 25.4 Å². The van der Waals surface area contributed by atoms with Crippen molar-refractivity contribution in [1.29, 1.82) is 0 Å². The summed E-state index contributed by atoms with van der Waals surface area (Å²) in [6, 6.07) is 14.5. The molecule has 21 heavy (non-hydrogen) atoms. The third kappa shape index (κ3) is 3.04. The molecular weight excluding hydrogens is 262 g/mol. The van der Waals surface area contributed by atoms with Crippen LogP contribution in [-0.2, 0) is 0 Å². The minimum absolute atomic E-state index is 0.315. The molecule has 0 aliphatic carbocycles. The van der Waals surface area contributed by atoms with Crippen molar-refractivity contribution in [3.63, 3.8) is 0 Å². The zero-order chi connectivity index (χ0) is 14.9. The number of rotatable bonds is 5. The van der Waals surface area contributed by atoms with E-state index >= 15 is 0 Å². The summed E-state index contributed by atoms with van der Waals surface area (Å²) < 4.78 is 5.83. The Labute approximate surface area is 126 Å². The van der Waals surface area contributed by atoms with Crippen LogP contribution in [0.25, 0.3) is 10.8 Å². The molecule has 2 aromatic rings. The van der Waals surface area contributed by atoms with E-state index in [9.17, 15) is 5.11 Å². The lowest BCUT2D eigenvalue weighted by Gasteiger charge is -2.49. The highest BCUT2D eigenvalue weighted by atomic mass is 16.5. The number of ether oxygens (including phenoxy) is 1. The fraction of sp³-hybridized carbons (Fsp3) is 0.444. The van der Waals surface area contributed by atoms with E-state index in [1.807, 2.05) is 18.2 Å². The maximum Gasteiger partial charge on any atom is 0.120 e. The number of fused-ring (bicyclic) bond motifs is 1. The molecule has 3 rings (SSSR count). The van der Waals surface area contributed by atoms with Gasteiger partial charge in [-0.05, 0) is 28.8 Å². The van der Waals surface area contributed by atoms with Crippen molar-refractivity contribution in [3.05, 3.63) is 42.5 Å². The molecule has 0 aromatic heterocycles. The van der Waals surface area contributed by atoms with Crippen LogP contribution in [-0.4, -0.2) is 41.8 Å². The van der Waals surface area contributed by atoms with Gasteiger partial charge in [0.15, 0.2) is 0 Å². The summed E-state index contributed by atoms with van der Waals surface area (Å²) in [6.45, 7) is 7.18. The Morgan fingerprint density at radius 2 is 1.86 bits per heavy atom. The van der Waals surface area contributed by atoms with Gasteiger partial charge in [-0.2, -0.15) is 0 Å². The molecule has 112 valence electrons. The molecule has 3 nitrogen and oxygen atoms in total. The lowest BCUT2D eigenvalue weighted by molar-refractivity contribution is -0.129. The van der Waals surface area contributed by atoms with Gasteiger partial charge in [-0.25, -0.2) is 0 Å². The van der Waals surface area contributed by atoms with Crippen molar-refractivity contribution >= 4 is 10.8 Å². The molecule has 1 N–H and O–H groups in total. The summed E-state index contributed by atoms with van der Waals surface area (Å²) in [5, 5.41) is 12.6. The van der Waals surface area contributed by atoms with E-state index in [2.05, 4.69) is 43.0 Å². The van der Waals surface area contributed by atoms with Crippen LogP contribution in [0.1, 0.15) is 13.8 Å². The van der Waals surface area contributed by atoms with Crippen LogP contribution in [0.4, 0.5) is 0 Å². The van der Waals surface area contributed by atoms with Crippen LogP contribution in [0.15, 0.2) is 42.5 Å². The van der Waals surface area contributed by atoms with Gasteiger partial charge in [-0.3, -0.25) is 4.90 Å². The quantitative estimate of drug-likeness (QED) is 0.917. The predicted octanol–water partition coefficient (Wildman–Crippen LogP) is 2.92. The summed E-state index contributed by atoms with van der Waals surface area (Å²) in [6.07, 6.45) is 0. The average Bonchev–Trinajstić information content (AvgIpc) is 2.45. The summed E-state index contributed by atoms with van der Waals surface area (Å²) in [5.74, 6) is 1.23. The van der Waals surface area contributed by atoms with Gasteiger partial charge in [0.25, 0.3) is 0 Å². The largest absolute Gasteiger partial charge is 0.492 e. The van der Waals surface area contributed by atoms with Crippen molar-refractivity contribution in [2.24, 2.45) is 5.92 Å². The van der Waals surface area contributed by atoms with Crippen molar-refractivity contribution in [3.8, 4) is 5.75 Å². The molecule has 1 heterocycles. The Balaban J connectivity index is 1.49. The highest BCUT2D eigenvalue weighted by molar-refractivity contribution is 5.83. The average molecular weight is 285 g/mol. The van der Waals surface area contributed by atoms with Crippen molar-refractivity contribution in [2.75, 3.05) is 26.2 Å². The van der Waals surface area contributed by atoms with Gasteiger partial charge < -0.3 is 9.84 Å². The standard InChI is InChI=1S/C18H23NO2/c1-14(2)18(20)12-19(13-18)9-10-21-17-8-7-15-5-3-4-6-16(15)11-17/h3-8,11,14,20H,9-10,12-13H2,1-2H3. The number of likely N-dealkylation sites (tertiary alicyclic amines) is 1. The third-order valence-electron chi connectivity index (χ3n) is 4.47. The minimum atomic E-state index is -0.497. The highest BCUT2D eigenvalue weighted by Gasteiger charge is 2.43. The van der Waals surface area contributed by atoms with Crippen LogP contribution in [0.2, 0.25) is 0 Å². The molecule has 0 radical (unpaired) electrons. The summed E-state index contributed by atoms with van der Waals surface area (Å²) >= 11 is 0. The maximum absolute atomic E-state index is 10.2. The lowest BCUT2D eigenvalue weighted by Crippen LogP contribution is -2.64. The molecule has 1 aliphatic rings. The highest BCUT2D eigenvalue weighted by Crippen LogP contribution is 2.28. The first kappa shape index (κ1) is 14.4. The SMILES string of the molecule is CC(C)C1(O)CN(CCOc2ccc3ccccc3c2)C1. The topological polar surface area (TPSA) is 32.7 Å². The molecule has 0 bridgehead atoms. The number of nitrogens with zero attached hydrogens (tertiary/aromatic N) is 1. The van der Waals surface area contributed by atoms with Gasteiger partial charge in [-0.15, -0.1) is 0 Å². The van der Waals surface area contributed by atoms with Crippen LogP contribution in [0.5, 0.6) is 5.75 Å². The zero-order valence-electron chi connectivity index (χ0n) is 12.7. The molecule has 1 fully saturated rings. The number of benzene rings is 2. The van der Waals surface area contributed by atoms with Gasteiger partial charge in [-0.1, -0.05) is 44.2 Å². The van der Waals surface area contributed by atoms with Gasteiger partial charge in [0.2, 0.25) is 0 Å². The predicted molar refractivity (Wildman–Crippen MR) is 85.7 cm³/mol. The molecule has 0 unspecified atom stereocenters. The first-order valence-corrected chi connectivity index (χ1v) is 7.63. The minimum Gasteiger partial charge on any atom is -0.492 e. The second kappa shape index (κ2) is 5.66. The van der Waals surface area contributed by atoms with E-state index in [-0.39, 0.29) is 0 Å². The van der Waals surface area contributed by atoms with Crippen LogP contribution in [0.3, 0.4) is 0 Å². The van der Waals surface area contributed by atoms with Gasteiger partial charge in [0, 0.05) is 19.6 Å². The van der Waals surface area contributed by atoms with Crippen molar-refractivity contribution < 1.29 is 9.84 Å². The normalized spacial score (nSPS) is 17.9. The third-order valence-corrected chi connectivity index (χ3v) is 4.47. The maximum atomic E-state index is 10.2. The summed E-state index contributed by atoms with van der Waals surface area (Å²) in [4.78, 5) is 2.24. The second-order valence-corrected chi connectivity index (χ2v) is 6.33. The fourth-order valence-corrected chi connectivity index (χ4v) is 2.80. The van der Waals surface area contributed by atoms with E-state index in [4.69, 9.17) is 4.74 Å². The zero-order valence-corrected chi connectivity index (χ0v) is 12.7. The number of aliphatic hydroxyl groups is 1. The molecule has 0 saturated carbocycles. The Morgan fingerprint density at radius 3 is 2.57 bits per heavy atom. The van der Waals surface area contributed by atoms with Crippen LogP contribution >= 0.6 is 0 Å². The molecule has 1 aliphatic heterocycles. The summed E-state index contributed by atoms with van der Waals surface area (Å²) in [5.41, 5.74) is -0.497. The van der Waals surface area contributed by atoms with E-state index in [1.165, 1.54) is 10.8 Å². The molecule has 0 spiro atoms. The Morgan fingerprint density at radius 1 is 1.14 bits per heavy atom. The molecular formula is C18H23NO2. The Hall–Kier alpha value is -1.58. The Kier molecular flexibility index (Phi) is 3.87. The monoisotopic (exact) mass is 285 g/mol. The van der Waals surface area contributed by atoms with Gasteiger partial charge in [0.1, 0.15) is 12.4 Å². The molecule has 1 saturated heterocycles. The molecule has 0 amide bonds. The molecule has 3 heteroatoms. The van der Waals surface area contributed by atoms with Gasteiger partial charge >= 0.3 is 0 Å².